The van der Waals surface area contributed by atoms with Gasteiger partial charge < -0.3 is 10.2 Å². The third-order valence-electron chi connectivity index (χ3n) is 6.37. The van der Waals surface area contributed by atoms with Crippen molar-refractivity contribution in [2.45, 2.75) is 25.9 Å². The third kappa shape index (κ3) is 6.35. The lowest BCUT2D eigenvalue weighted by atomic mass is 9.96. The number of likely N-dealkylation sites (N-methyl/N-ethyl adjacent to an activating group) is 1. The summed E-state index contributed by atoms with van der Waals surface area (Å²) in [6.45, 7) is 7.62. The molecule has 2 aromatic carbocycles. The zero-order valence-corrected chi connectivity index (χ0v) is 18.4. The van der Waals surface area contributed by atoms with Crippen LogP contribution in [0.1, 0.15) is 24.0 Å². The molecule has 2 aromatic rings. The summed E-state index contributed by atoms with van der Waals surface area (Å²) in [5, 5.41) is 3.14. The summed E-state index contributed by atoms with van der Waals surface area (Å²) < 4.78 is 13.5. The molecular weight excluding hydrogens is 391 g/mol. The van der Waals surface area contributed by atoms with Gasteiger partial charge >= 0.3 is 0 Å². The smallest absolute Gasteiger partial charge is 0.228 e. The molecule has 2 fully saturated rings. The Balaban J connectivity index is 1.31. The Kier molecular flexibility index (Phi) is 7.33. The van der Waals surface area contributed by atoms with E-state index in [-0.39, 0.29) is 17.6 Å². The average Bonchev–Trinajstić information content (AvgIpc) is 2.76. The van der Waals surface area contributed by atoms with Crippen molar-refractivity contribution in [3.63, 3.8) is 0 Å². The molecule has 0 spiro atoms. The fourth-order valence-electron chi connectivity index (χ4n) is 4.56. The van der Waals surface area contributed by atoms with E-state index in [9.17, 15) is 9.18 Å². The summed E-state index contributed by atoms with van der Waals surface area (Å²) in [4.78, 5) is 20.0. The number of hydrogen-bond donors (Lipinski definition) is 1. The van der Waals surface area contributed by atoms with Gasteiger partial charge in [0, 0.05) is 51.5 Å². The maximum absolute atomic E-state index is 13.5. The lowest BCUT2D eigenvalue weighted by Crippen LogP contribution is -2.43. The third-order valence-corrected chi connectivity index (χ3v) is 6.37. The molecular formula is C25H33FN4O. The van der Waals surface area contributed by atoms with Crippen molar-refractivity contribution in [3.8, 4) is 0 Å². The van der Waals surface area contributed by atoms with Crippen molar-refractivity contribution in [1.82, 2.24) is 14.7 Å². The predicted molar refractivity (Wildman–Crippen MR) is 122 cm³/mol. The van der Waals surface area contributed by atoms with Crippen molar-refractivity contribution in [1.29, 1.82) is 0 Å². The molecule has 5 nitrogen and oxygen atoms in total. The molecule has 31 heavy (non-hydrogen) atoms. The first kappa shape index (κ1) is 21.9. The first-order valence-electron chi connectivity index (χ1n) is 11.3. The number of hydrogen-bond acceptors (Lipinski definition) is 4. The number of nitrogens with zero attached hydrogens (tertiary/aromatic N) is 3. The van der Waals surface area contributed by atoms with Gasteiger partial charge in [-0.2, -0.15) is 0 Å². The molecule has 0 aliphatic carbocycles. The Bertz CT molecular complexity index is 881. The van der Waals surface area contributed by atoms with Gasteiger partial charge in [-0.25, -0.2) is 4.39 Å². The molecule has 1 unspecified atom stereocenters. The lowest BCUT2D eigenvalue weighted by molar-refractivity contribution is -0.121. The Morgan fingerprint density at radius 1 is 0.968 bits per heavy atom. The predicted octanol–water partition coefficient (Wildman–Crippen LogP) is 3.42. The highest BCUT2D eigenvalue weighted by Crippen LogP contribution is 2.21. The number of benzene rings is 2. The van der Waals surface area contributed by atoms with Crippen molar-refractivity contribution in [2.24, 2.45) is 5.92 Å². The van der Waals surface area contributed by atoms with E-state index < -0.39 is 0 Å². The lowest BCUT2D eigenvalue weighted by Gasteiger charge is -2.32. The number of piperidine rings is 1. The maximum atomic E-state index is 13.5. The Morgan fingerprint density at radius 2 is 1.68 bits per heavy atom. The minimum atomic E-state index is -0.208. The van der Waals surface area contributed by atoms with Gasteiger partial charge in [-0.3, -0.25) is 14.6 Å². The van der Waals surface area contributed by atoms with E-state index in [1.807, 2.05) is 18.2 Å². The largest absolute Gasteiger partial charge is 0.326 e. The molecule has 1 atom stereocenters. The van der Waals surface area contributed by atoms with Gasteiger partial charge in [-0.1, -0.05) is 24.3 Å². The van der Waals surface area contributed by atoms with E-state index in [0.29, 0.717) is 13.1 Å². The van der Waals surface area contributed by atoms with Gasteiger partial charge in [0.2, 0.25) is 5.91 Å². The number of anilines is 1. The molecule has 4 rings (SSSR count). The molecule has 2 aliphatic heterocycles. The van der Waals surface area contributed by atoms with Crippen molar-refractivity contribution in [3.05, 3.63) is 65.5 Å². The number of amides is 1. The summed E-state index contributed by atoms with van der Waals surface area (Å²) in [5.74, 6) is -0.162. The Labute approximate surface area is 184 Å². The standard InChI is InChI=1S/C25H33FN4O/c1-28-11-13-29(14-12-28)17-21-6-3-9-24(16-21)27-25(31)22-7-4-10-30(19-22)18-20-5-2-8-23(26)15-20/h2-3,5-6,8-9,15-16,22H,4,7,10-14,17-19H2,1H3,(H,27,31). The van der Waals surface area contributed by atoms with E-state index in [1.54, 1.807) is 12.1 Å². The number of carbonyl (C=O) groups is 1. The van der Waals surface area contributed by atoms with Crippen LogP contribution in [0.15, 0.2) is 48.5 Å². The van der Waals surface area contributed by atoms with E-state index in [0.717, 1.165) is 63.4 Å². The second-order valence-corrected chi connectivity index (χ2v) is 8.97. The van der Waals surface area contributed by atoms with Gasteiger partial charge in [0.25, 0.3) is 0 Å². The number of likely N-dealkylation sites (tertiary alicyclic amines) is 1. The van der Waals surface area contributed by atoms with Crippen LogP contribution in [0.2, 0.25) is 0 Å². The summed E-state index contributed by atoms with van der Waals surface area (Å²) in [5.41, 5.74) is 3.07. The molecule has 2 aliphatic rings. The maximum Gasteiger partial charge on any atom is 0.228 e. The number of rotatable bonds is 6. The molecule has 2 heterocycles. The van der Waals surface area contributed by atoms with Gasteiger partial charge in [0.1, 0.15) is 5.82 Å². The SMILES string of the molecule is CN1CCN(Cc2cccc(NC(=O)C3CCCN(Cc4cccc(F)c4)C3)c2)CC1. The zero-order chi connectivity index (χ0) is 21.6. The first-order valence-corrected chi connectivity index (χ1v) is 11.3. The molecule has 166 valence electrons. The molecule has 0 aromatic heterocycles. The molecule has 6 heteroatoms. The van der Waals surface area contributed by atoms with Gasteiger partial charge in [-0.15, -0.1) is 0 Å². The van der Waals surface area contributed by atoms with Crippen LogP contribution < -0.4 is 5.32 Å². The molecule has 0 bridgehead atoms. The highest BCUT2D eigenvalue weighted by atomic mass is 19.1. The highest BCUT2D eigenvalue weighted by molar-refractivity contribution is 5.92. The molecule has 0 radical (unpaired) electrons. The molecule has 0 saturated carbocycles. The average molecular weight is 425 g/mol. The van der Waals surface area contributed by atoms with Crippen LogP contribution in [0.25, 0.3) is 0 Å². The number of nitrogens with one attached hydrogen (secondary N) is 1. The van der Waals surface area contributed by atoms with Crippen molar-refractivity contribution in [2.75, 3.05) is 51.6 Å². The first-order chi connectivity index (χ1) is 15.0. The second kappa shape index (κ2) is 10.4. The Morgan fingerprint density at radius 3 is 2.45 bits per heavy atom. The van der Waals surface area contributed by atoms with Crippen LogP contribution in [-0.4, -0.2) is 66.9 Å². The topological polar surface area (TPSA) is 38.8 Å². The monoisotopic (exact) mass is 424 g/mol. The fourth-order valence-corrected chi connectivity index (χ4v) is 4.56. The highest BCUT2D eigenvalue weighted by Gasteiger charge is 2.26. The van der Waals surface area contributed by atoms with Crippen LogP contribution in [0.3, 0.4) is 0 Å². The summed E-state index contributed by atoms with van der Waals surface area (Å²) in [6, 6.07) is 15.0. The van der Waals surface area contributed by atoms with Gasteiger partial charge in [0.05, 0.1) is 5.92 Å². The van der Waals surface area contributed by atoms with Gasteiger partial charge in [0.15, 0.2) is 0 Å². The summed E-state index contributed by atoms with van der Waals surface area (Å²) in [6.07, 6.45) is 1.88. The van der Waals surface area contributed by atoms with Crippen LogP contribution in [-0.2, 0) is 17.9 Å². The molecule has 1 N–H and O–H groups in total. The van der Waals surface area contributed by atoms with E-state index in [2.05, 4.69) is 39.2 Å². The van der Waals surface area contributed by atoms with E-state index in [4.69, 9.17) is 0 Å². The quantitative estimate of drug-likeness (QED) is 0.771. The normalized spacial score (nSPS) is 21.2. The van der Waals surface area contributed by atoms with Crippen LogP contribution >= 0.6 is 0 Å². The summed E-state index contributed by atoms with van der Waals surface area (Å²) >= 11 is 0. The number of piperazine rings is 1. The molecule has 2 saturated heterocycles. The summed E-state index contributed by atoms with van der Waals surface area (Å²) in [7, 11) is 2.16. The molecule has 1 amide bonds. The van der Waals surface area contributed by atoms with Crippen LogP contribution in [0.5, 0.6) is 0 Å². The van der Waals surface area contributed by atoms with E-state index >= 15 is 0 Å². The van der Waals surface area contributed by atoms with Crippen LogP contribution in [0, 0.1) is 11.7 Å². The number of carbonyl (C=O) groups excluding carboxylic acids is 1. The van der Waals surface area contributed by atoms with Gasteiger partial charge in [-0.05, 0) is 61.8 Å². The van der Waals surface area contributed by atoms with Crippen molar-refractivity contribution >= 4 is 11.6 Å². The minimum Gasteiger partial charge on any atom is -0.326 e. The number of halogens is 1. The minimum absolute atomic E-state index is 0.0383. The second-order valence-electron chi connectivity index (χ2n) is 8.97. The fraction of sp³-hybridized carbons (Fsp3) is 0.480. The van der Waals surface area contributed by atoms with Crippen molar-refractivity contribution < 1.29 is 9.18 Å². The Hall–Kier alpha value is -2.28. The zero-order valence-electron chi connectivity index (χ0n) is 18.4. The van der Waals surface area contributed by atoms with Crippen LogP contribution in [0.4, 0.5) is 10.1 Å². The van der Waals surface area contributed by atoms with E-state index in [1.165, 1.54) is 11.6 Å².